The molecule has 0 aromatic rings. The summed E-state index contributed by atoms with van der Waals surface area (Å²) in [5, 5.41) is 0. The molecule has 0 spiro atoms. The van der Waals surface area contributed by atoms with Crippen LogP contribution in [0.25, 0.3) is 0 Å². The quantitative estimate of drug-likeness (QED) is 0.731. The Morgan fingerprint density at radius 1 is 1.29 bits per heavy atom. The van der Waals surface area contributed by atoms with E-state index in [4.69, 9.17) is 5.73 Å². The second-order valence-corrected chi connectivity index (χ2v) is 5.63. The zero-order valence-corrected chi connectivity index (χ0v) is 10.4. The highest BCUT2D eigenvalue weighted by Crippen LogP contribution is 2.59. The van der Waals surface area contributed by atoms with Gasteiger partial charge in [-0.3, -0.25) is 0 Å². The maximum Gasteiger partial charge on any atom is 0.00355 e. The highest BCUT2D eigenvalue weighted by molar-refractivity contribution is 5.05. The fourth-order valence-electron chi connectivity index (χ4n) is 2.50. The molecule has 14 heavy (non-hydrogen) atoms. The zero-order valence-electron chi connectivity index (χ0n) is 10.4. The smallest absolute Gasteiger partial charge is 0.00355 e. The van der Waals surface area contributed by atoms with Crippen molar-refractivity contribution in [2.24, 2.45) is 23.0 Å². The molecule has 2 nitrogen and oxygen atoms in total. The Labute approximate surface area is 88.8 Å². The lowest BCUT2D eigenvalue weighted by Crippen LogP contribution is -2.27. The van der Waals surface area contributed by atoms with E-state index in [1.54, 1.807) is 0 Å². The molecular formula is C12H26N2. The van der Waals surface area contributed by atoms with Gasteiger partial charge in [0.05, 0.1) is 0 Å². The molecule has 1 saturated carbocycles. The van der Waals surface area contributed by atoms with Crippen molar-refractivity contribution >= 4 is 0 Å². The van der Waals surface area contributed by atoms with Crippen LogP contribution >= 0.6 is 0 Å². The van der Waals surface area contributed by atoms with Gasteiger partial charge >= 0.3 is 0 Å². The summed E-state index contributed by atoms with van der Waals surface area (Å²) in [6.45, 7) is 11.3. The van der Waals surface area contributed by atoms with Gasteiger partial charge in [-0.1, -0.05) is 13.8 Å². The molecule has 2 heteroatoms. The minimum Gasteiger partial charge on any atom is -0.330 e. The van der Waals surface area contributed by atoms with E-state index in [1.165, 1.54) is 13.0 Å². The molecule has 0 amide bonds. The lowest BCUT2D eigenvalue weighted by molar-refractivity contribution is 0.260. The second kappa shape index (κ2) is 4.19. The number of hydrogen-bond donors (Lipinski definition) is 1. The van der Waals surface area contributed by atoms with E-state index in [-0.39, 0.29) is 0 Å². The van der Waals surface area contributed by atoms with Crippen molar-refractivity contribution < 1.29 is 0 Å². The van der Waals surface area contributed by atoms with Crippen LogP contribution in [0.4, 0.5) is 0 Å². The Hall–Kier alpha value is -0.0800. The van der Waals surface area contributed by atoms with Crippen LogP contribution in [0, 0.1) is 17.3 Å². The molecule has 2 N–H and O–H groups in total. The van der Waals surface area contributed by atoms with Crippen LogP contribution in [0.1, 0.15) is 34.1 Å². The summed E-state index contributed by atoms with van der Waals surface area (Å²) >= 11 is 0. The standard InChI is InChI=1S/C12H26N2/c1-9(2)14(5)7-6-10-11(8-13)12(10,3)4/h9-11H,6-8,13H2,1-5H3/t10-,11-/m1/s1. The highest BCUT2D eigenvalue weighted by Gasteiger charge is 2.55. The van der Waals surface area contributed by atoms with E-state index in [0.29, 0.717) is 11.5 Å². The summed E-state index contributed by atoms with van der Waals surface area (Å²) in [7, 11) is 2.21. The van der Waals surface area contributed by atoms with Gasteiger partial charge in [-0.25, -0.2) is 0 Å². The van der Waals surface area contributed by atoms with Crippen molar-refractivity contribution in [2.75, 3.05) is 20.1 Å². The Bertz CT molecular complexity index is 187. The fourth-order valence-corrected chi connectivity index (χ4v) is 2.50. The maximum absolute atomic E-state index is 5.75. The van der Waals surface area contributed by atoms with E-state index in [0.717, 1.165) is 18.4 Å². The number of nitrogens with zero attached hydrogens (tertiary/aromatic N) is 1. The van der Waals surface area contributed by atoms with Crippen LogP contribution in [-0.2, 0) is 0 Å². The van der Waals surface area contributed by atoms with E-state index in [9.17, 15) is 0 Å². The van der Waals surface area contributed by atoms with Crippen molar-refractivity contribution in [1.29, 1.82) is 0 Å². The number of nitrogens with two attached hydrogens (primary N) is 1. The van der Waals surface area contributed by atoms with Crippen molar-refractivity contribution in [3.05, 3.63) is 0 Å². The first-order chi connectivity index (χ1) is 6.41. The summed E-state index contributed by atoms with van der Waals surface area (Å²) in [5.41, 5.74) is 6.26. The maximum atomic E-state index is 5.75. The third-order valence-corrected chi connectivity index (χ3v) is 4.22. The molecule has 1 aliphatic carbocycles. The van der Waals surface area contributed by atoms with Crippen LogP contribution in [0.2, 0.25) is 0 Å². The van der Waals surface area contributed by atoms with Crippen molar-refractivity contribution in [3.8, 4) is 0 Å². The van der Waals surface area contributed by atoms with Crippen molar-refractivity contribution in [1.82, 2.24) is 4.90 Å². The molecule has 1 aliphatic rings. The Balaban J connectivity index is 2.28. The minimum absolute atomic E-state index is 0.507. The normalized spacial score (nSPS) is 30.0. The Kier molecular flexibility index (Phi) is 3.59. The molecular weight excluding hydrogens is 172 g/mol. The Morgan fingerprint density at radius 3 is 2.21 bits per heavy atom. The van der Waals surface area contributed by atoms with Crippen LogP contribution < -0.4 is 5.73 Å². The van der Waals surface area contributed by atoms with Crippen LogP contribution in [-0.4, -0.2) is 31.1 Å². The van der Waals surface area contributed by atoms with Gasteiger partial charge in [0.25, 0.3) is 0 Å². The summed E-state index contributed by atoms with van der Waals surface area (Å²) in [4.78, 5) is 2.42. The van der Waals surface area contributed by atoms with E-state index >= 15 is 0 Å². The third kappa shape index (κ3) is 2.29. The molecule has 0 heterocycles. The largest absolute Gasteiger partial charge is 0.330 e. The lowest BCUT2D eigenvalue weighted by atomic mass is 10.1. The Morgan fingerprint density at radius 2 is 1.86 bits per heavy atom. The average Bonchev–Trinajstić information content (AvgIpc) is 2.62. The third-order valence-electron chi connectivity index (χ3n) is 4.22. The minimum atomic E-state index is 0.507. The number of rotatable bonds is 5. The second-order valence-electron chi connectivity index (χ2n) is 5.63. The van der Waals surface area contributed by atoms with Gasteiger partial charge in [0.1, 0.15) is 0 Å². The van der Waals surface area contributed by atoms with Gasteiger partial charge in [0.2, 0.25) is 0 Å². The zero-order chi connectivity index (χ0) is 10.9. The van der Waals surface area contributed by atoms with Gasteiger partial charge in [0.15, 0.2) is 0 Å². The first-order valence-corrected chi connectivity index (χ1v) is 5.81. The molecule has 0 aliphatic heterocycles. The molecule has 2 atom stereocenters. The monoisotopic (exact) mass is 198 g/mol. The van der Waals surface area contributed by atoms with Crippen molar-refractivity contribution in [3.63, 3.8) is 0 Å². The molecule has 84 valence electrons. The van der Waals surface area contributed by atoms with Crippen LogP contribution in [0.15, 0.2) is 0 Å². The van der Waals surface area contributed by atoms with Crippen molar-refractivity contribution in [2.45, 2.75) is 40.2 Å². The van der Waals surface area contributed by atoms with Gasteiger partial charge in [-0.15, -0.1) is 0 Å². The molecule has 0 radical (unpaired) electrons. The molecule has 0 saturated heterocycles. The first kappa shape index (κ1) is 12.0. The van der Waals surface area contributed by atoms with Gasteiger partial charge in [0, 0.05) is 6.04 Å². The first-order valence-electron chi connectivity index (χ1n) is 5.81. The predicted molar refractivity (Wildman–Crippen MR) is 62.2 cm³/mol. The van der Waals surface area contributed by atoms with E-state index in [1.807, 2.05) is 0 Å². The number of hydrogen-bond acceptors (Lipinski definition) is 2. The molecule has 0 bridgehead atoms. The van der Waals surface area contributed by atoms with Gasteiger partial charge in [-0.05, 0) is 57.7 Å². The SMILES string of the molecule is CC(C)N(C)CC[C@@H]1[C@@H](CN)C1(C)C. The van der Waals surface area contributed by atoms with Crippen LogP contribution in [0.5, 0.6) is 0 Å². The average molecular weight is 198 g/mol. The summed E-state index contributed by atoms with van der Waals surface area (Å²) in [6.07, 6.45) is 1.31. The lowest BCUT2D eigenvalue weighted by Gasteiger charge is -2.21. The predicted octanol–water partition coefficient (Wildman–Crippen LogP) is 1.95. The van der Waals surface area contributed by atoms with E-state index < -0.39 is 0 Å². The molecule has 1 rings (SSSR count). The summed E-state index contributed by atoms with van der Waals surface area (Å²) < 4.78 is 0. The summed E-state index contributed by atoms with van der Waals surface area (Å²) in [6, 6.07) is 0.660. The van der Waals surface area contributed by atoms with Crippen LogP contribution in [0.3, 0.4) is 0 Å². The van der Waals surface area contributed by atoms with E-state index in [2.05, 4.69) is 39.6 Å². The fraction of sp³-hybridized carbons (Fsp3) is 1.00. The highest BCUT2D eigenvalue weighted by atomic mass is 15.1. The molecule has 1 fully saturated rings. The topological polar surface area (TPSA) is 29.3 Å². The van der Waals surface area contributed by atoms with Gasteiger partial charge in [-0.2, -0.15) is 0 Å². The summed E-state index contributed by atoms with van der Waals surface area (Å²) in [5.74, 6) is 1.62. The molecule has 0 aromatic carbocycles. The molecule has 0 aromatic heterocycles. The van der Waals surface area contributed by atoms with Gasteiger partial charge < -0.3 is 10.6 Å². The molecule has 0 unspecified atom stereocenters.